The van der Waals surface area contributed by atoms with E-state index in [0.29, 0.717) is 12.3 Å². The van der Waals surface area contributed by atoms with Gasteiger partial charge in [-0.3, -0.25) is 4.79 Å². The molecule has 0 aromatic carbocycles. The second-order valence-corrected chi connectivity index (χ2v) is 4.77. The van der Waals surface area contributed by atoms with E-state index in [1.54, 1.807) is 6.92 Å². The highest BCUT2D eigenvalue weighted by molar-refractivity contribution is 5.92. The molecule has 7 nitrogen and oxygen atoms in total. The molecule has 0 spiro atoms. The van der Waals surface area contributed by atoms with Crippen molar-refractivity contribution >= 4 is 5.91 Å². The summed E-state index contributed by atoms with van der Waals surface area (Å²) in [6.45, 7) is 1.09. The highest BCUT2D eigenvalue weighted by Crippen LogP contribution is 2.41. The molecule has 3 rings (SSSR count). The van der Waals surface area contributed by atoms with Crippen LogP contribution in [0.15, 0.2) is 21.5 Å². The summed E-state index contributed by atoms with van der Waals surface area (Å²) in [7, 11) is 0. The Morgan fingerprint density at radius 3 is 2.95 bits per heavy atom. The molecular formula is C12H12F2N4O3. The molecule has 1 aliphatic rings. The molecule has 0 bridgehead atoms. The van der Waals surface area contributed by atoms with Gasteiger partial charge in [-0.2, -0.15) is 0 Å². The predicted octanol–water partition coefficient (Wildman–Crippen LogP) is 1.84. The van der Waals surface area contributed by atoms with Crippen molar-refractivity contribution in [3.05, 3.63) is 30.1 Å². The zero-order valence-corrected chi connectivity index (χ0v) is 11.1. The second-order valence-electron chi connectivity index (χ2n) is 4.77. The van der Waals surface area contributed by atoms with Crippen LogP contribution in [-0.4, -0.2) is 38.5 Å². The first-order valence-corrected chi connectivity index (χ1v) is 6.39. The topological polar surface area (TPSA) is 85.3 Å². The van der Waals surface area contributed by atoms with Gasteiger partial charge in [0.1, 0.15) is 12.3 Å². The number of oxazole rings is 1. The lowest BCUT2D eigenvalue weighted by Crippen LogP contribution is -2.33. The van der Waals surface area contributed by atoms with Gasteiger partial charge in [0, 0.05) is 12.8 Å². The summed E-state index contributed by atoms with van der Waals surface area (Å²) in [6, 6.07) is -0.961. The van der Waals surface area contributed by atoms with E-state index in [-0.39, 0.29) is 11.6 Å². The Kier molecular flexibility index (Phi) is 3.19. The highest BCUT2D eigenvalue weighted by Gasteiger charge is 2.50. The van der Waals surface area contributed by atoms with Gasteiger partial charge in [0.2, 0.25) is 11.8 Å². The number of alkyl halides is 2. The van der Waals surface area contributed by atoms with Gasteiger partial charge in [0.15, 0.2) is 12.1 Å². The molecule has 9 heteroatoms. The summed E-state index contributed by atoms with van der Waals surface area (Å²) in [4.78, 5) is 16.9. The molecule has 1 saturated heterocycles. The zero-order valence-electron chi connectivity index (χ0n) is 11.1. The van der Waals surface area contributed by atoms with Gasteiger partial charge in [0.05, 0.1) is 6.54 Å². The molecule has 2 aromatic rings. The first kappa shape index (κ1) is 13.7. The predicted molar refractivity (Wildman–Crippen MR) is 63.5 cm³/mol. The Morgan fingerprint density at radius 2 is 2.33 bits per heavy atom. The molecule has 112 valence electrons. The number of rotatable bonds is 3. The van der Waals surface area contributed by atoms with Gasteiger partial charge >= 0.3 is 0 Å². The van der Waals surface area contributed by atoms with Crippen molar-refractivity contribution in [1.82, 2.24) is 20.1 Å². The molecule has 1 atom stereocenters. The Labute approximate surface area is 118 Å². The number of nitrogens with zero attached hydrogens (tertiary/aromatic N) is 4. The molecule has 0 radical (unpaired) electrons. The maximum absolute atomic E-state index is 13.7. The van der Waals surface area contributed by atoms with Crippen molar-refractivity contribution < 1.29 is 22.4 Å². The Morgan fingerprint density at radius 1 is 1.52 bits per heavy atom. The van der Waals surface area contributed by atoms with Crippen molar-refractivity contribution in [3.63, 3.8) is 0 Å². The smallest absolute Gasteiger partial charge is 0.276 e. The van der Waals surface area contributed by atoms with E-state index >= 15 is 0 Å². The number of hydrogen-bond donors (Lipinski definition) is 0. The highest BCUT2D eigenvalue weighted by atomic mass is 19.3. The van der Waals surface area contributed by atoms with Crippen molar-refractivity contribution in [1.29, 1.82) is 0 Å². The standard InChI is InChI=1S/C12H12F2N4O3/c1-2-9-16-17-10(21-9)8-3-12(13,14)5-18(8)11(19)7-4-20-6-15-7/h4,6,8H,2-3,5H2,1H3/t8-/m0/s1. The van der Waals surface area contributed by atoms with Crippen LogP contribution >= 0.6 is 0 Å². The van der Waals surface area contributed by atoms with Gasteiger partial charge in [-0.15, -0.1) is 10.2 Å². The lowest BCUT2D eigenvalue weighted by atomic mass is 10.2. The molecule has 1 aliphatic heterocycles. The average molecular weight is 298 g/mol. The summed E-state index contributed by atoms with van der Waals surface area (Å²) in [5, 5.41) is 7.51. The minimum atomic E-state index is -3.01. The SMILES string of the molecule is CCc1nnc([C@@H]2CC(F)(F)CN2C(=O)c2cocn2)o1. The van der Waals surface area contributed by atoms with Crippen LogP contribution in [0.5, 0.6) is 0 Å². The fourth-order valence-corrected chi connectivity index (χ4v) is 2.26. The van der Waals surface area contributed by atoms with Crippen molar-refractivity contribution in [2.75, 3.05) is 6.54 Å². The molecular weight excluding hydrogens is 286 g/mol. The second kappa shape index (κ2) is 4.90. The van der Waals surface area contributed by atoms with E-state index in [9.17, 15) is 13.6 Å². The molecule has 0 N–H and O–H groups in total. The number of likely N-dealkylation sites (tertiary alicyclic amines) is 1. The molecule has 1 amide bonds. The fourth-order valence-electron chi connectivity index (χ4n) is 2.26. The van der Waals surface area contributed by atoms with Crippen LogP contribution in [-0.2, 0) is 6.42 Å². The maximum Gasteiger partial charge on any atom is 0.276 e. The van der Waals surface area contributed by atoms with Crippen molar-refractivity contribution in [2.45, 2.75) is 31.7 Å². The third-order valence-corrected chi connectivity index (χ3v) is 3.25. The quantitative estimate of drug-likeness (QED) is 0.859. The molecule has 21 heavy (non-hydrogen) atoms. The van der Waals surface area contributed by atoms with Crippen LogP contribution in [0.2, 0.25) is 0 Å². The summed E-state index contributed by atoms with van der Waals surface area (Å²) in [6.07, 6.45) is 2.12. The largest absolute Gasteiger partial charge is 0.451 e. The maximum atomic E-state index is 13.7. The summed E-state index contributed by atoms with van der Waals surface area (Å²) >= 11 is 0. The zero-order chi connectivity index (χ0) is 15.0. The van der Waals surface area contributed by atoms with Gasteiger partial charge < -0.3 is 13.7 Å². The first-order chi connectivity index (χ1) is 10.00. The van der Waals surface area contributed by atoms with E-state index in [0.717, 1.165) is 17.6 Å². The van der Waals surface area contributed by atoms with Crippen LogP contribution in [0.1, 0.15) is 41.7 Å². The number of amides is 1. The van der Waals surface area contributed by atoms with E-state index < -0.39 is 30.8 Å². The van der Waals surface area contributed by atoms with Gasteiger partial charge in [-0.25, -0.2) is 13.8 Å². The monoisotopic (exact) mass is 298 g/mol. The van der Waals surface area contributed by atoms with Crippen LogP contribution in [0, 0.1) is 0 Å². The fraction of sp³-hybridized carbons (Fsp3) is 0.500. The van der Waals surface area contributed by atoms with E-state index in [1.165, 1.54) is 0 Å². The Balaban J connectivity index is 1.91. The van der Waals surface area contributed by atoms with Gasteiger partial charge in [-0.1, -0.05) is 6.92 Å². The van der Waals surface area contributed by atoms with E-state index in [4.69, 9.17) is 8.83 Å². The molecule has 2 aromatic heterocycles. The number of aryl methyl sites for hydroxylation is 1. The molecule has 3 heterocycles. The number of carbonyl (C=O) groups is 1. The molecule has 0 saturated carbocycles. The third-order valence-electron chi connectivity index (χ3n) is 3.25. The number of halogens is 2. The number of aromatic nitrogens is 3. The number of hydrogen-bond acceptors (Lipinski definition) is 6. The lowest BCUT2D eigenvalue weighted by molar-refractivity contribution is 0.0116. The van der Waals surface area contributed by atoms with Crippen LogP contribution in [0.3, 0.4) is 0 Å². The molecule has 0 aliphatic carbocycles. The normalized spacial score (nSPS) is 20.9. The summed E-state index contributed by atoms with van der Waals surface area (Å²) < 4.78 is 37.4. The van der Waals surface area contributed by atoms with E-state index in [2.05, 4.69) is 15.2 Å². The van der Waals surface area contributed by atoms with E-state index in [1.807, 2.05) is 0 Å². The van der Waals surface area contributed by atoms with Crippen LogP contribution in [0.25, 0.3) is 0 Å². The summed E-state index contributed by atoms with van der Waals surface area (Å²) in [5.41, 5.74) is -0.0343. The average Bonchev–Trinajstić information content (AvgIpc) is 3.16. The molecule has 1 fully saturated rings. The van der Waals surface area contributed by atoms with Gasteiger partial charge in [-0.05, 0) is 0 Å². The Bertz CT molecular complexity index is 641. The third kappa shape index (κ3) is 2.50. The summed E-state index contributed by atoms with van der Waals surface area (Å²) in [5.74, 6) is -3.30. The Hall–Kier alpha value is -2.32. The molecule has 0 unspecified atom stereocenters. The van der Waals surface area contributed by atoms with Crippen molar-refractivity contribution in [2.24, 2.45) is 0 Å². The van der Waals surface area contributed by atoms with Crippen LogP contribution in [0.4, 0.5) is 8.78 Å². The van der Waals surface area contributed by atoms with Gasteiger partial charge in [0.25, 0.3) is 11.8 Å². The van der Waals surface area contributed by atoms with Crippen molar-refractivity contribution in [3.8, 4) is 0 Å². The van der Waals surface area contributed by atoms with Crippen LogP contribution < -0.4 is 0 Å². The lowest BCUT2D eigenvalue weighted by Gasteiger charge is -2.19. The number of carbonyl (C=O) groups excluding carboxylic acids is 1. The minimum absolute atomic E-state index is 0.0147. The minimum Gasteiger partial charge on any atom is -0.451 e. The first-order valence-electron chi connectivity index (χ1n) is 6.39.